The summed E-state index contributed by atoms with van der Waals surface area (Å²) in [6.45, 7) is 4.54. The van der Waals surface area contributed by atoms with Gasteiger partial charge in [0.2, 0.25) is 0 Å². The summed E-state index contributed by atoms with van der Waals surface area (Å²) in [7, 11) is 0. The number of hydrogen-bond donors (Lipinski definition) is 2. The number of fused-ring (bicyclic) bond motifs is 1. The summed E-state index contributed by atoms with van der Waals surface area (Å²) in [6, 6.07) is 6.59. The van der Waals surface area contributed by atoms with Crippen LogP contribution in [0.5, 0.6) is 0 Å². The lowest BCUT2D eigenvalue weighted by Crippen LogP contribution is -2.35. The Morgan fingerprint density at radius 2 is 2.41 bits per heavy atom. The number of hydrogen-bond acceptors (Lipinski definition) is 3. The van der Waals surface area contributed by atoms with Crippen molar-refractivity contribution >= 4 is 11.0 Å². The predicted molar refractivity (Wildman–Crippen MR) is 67.0 cm³/mol. The summed E-state index contributed by atoms with van der Waals surface area (Å²) < 4.78 is 5.45. The molecule has 0 saturated carbocycles. The maximum Gasteiger partial charge on any atom is 0.126 e. The van der Waals surface area contributed by atoms with E-state index < -0.39 is 0 Å². The van der Waals surface area contributed by atoms with Gasteiger partial charge in [-0.1, -0.05) is 13.0 Å². The molecule has 4 nitrogen and oxygen atoms in total. The Morgan fingerprint density at radius 1 is 1.47 bits per heavy atom. The Balaban J connectivity index is 1.95. The minimum Gasteiger partial charge on any atom is -0.378 e. The average Bonchev–Trinajstić information content (AvgIpc) is 2.82. The largest absolute Gasteiger partial charge is 0.378 e. The highest BCUT2D eigenvalue weighted by atomic mass is 16.5. The van der Waals surface area contributed by atoms with E-state index in [1.807, 2.05) is 0 Å². The monoisotopic (exact) mass is 231 g/mol. The lowest BCUT2D eigenvalue weighted by molar-refractivity contribution is 0.0746. The van der Waals surface area contributed by atoms with Gasteiger partial charge in [-0.15, -0.1) is 0 Å². The molecule has 2 N–H and O–H groups in total. The normalized spacial score (nSPS) is 20.9. The molecule has 0 spiro atoms. The van der Waals surface area contributed by atoms with Gasteiger partial charge in [0.05, 0.1) is 30.3 Å². The molecule has 1 unspecified atom stereocenters. The molecule has 90 valence electrons. The van der Waals surface area contributed by atoms with Crippen LogP contribution in [-0.4, -0.2) is 29.7 Å². The summed E-state index contributed by atoms with van der Waals surface area (Å²) in [5.74, 6) is 0.980. The number of rotatable bonds is 2. The van der Waals surface area contributed by atoms with Crippen molar-refractivity contribution in [1.82, 2.24) is 15.3 Å². The van der Waals surface area contributed by atoms with Crippen molar-refractivity contribution in [2.45, 2.75) is 19.4 Å². The topological polar surface area (TPSA) is 49.9 Å². The minimum absolute atomic E-state index is 0.196. The molecule has 1 saturated heterocycles. The van der Waals surface area contributed by atoms with Gasteiger partial charge in [-0.25, -0.2) is 4.98 Å². The first-order valence-electron chi connectivity index (χ1n) is 6.16. The fourth-order valence-corrected chi connectivity index (χ4v) is 2.20. The van der Waals surface area contributed by atoms with E-state index in [1.54, 1.807) is 0 Å². The zero-order valence-electron chi connectivity index (χ0n) is 9.99. The van der Waals surface area contributed by atoms with E-state index in [4.69, 9.17) is 4.74 Å². The summed E-state index contributed by atoms with van der Waals surface area (Å²) in [5.41, 5.74) is 3.48. The standard InChI is InChI=1S/C13H17N3O/c1-2-9-3-4-10-11(7-9)16-13(15-10)12-8-17-6-5-14-12/h3-4,7,12,14H,2,5-6,8H2,1H3,(H,15,16). The van der Waals surface area contributed by atoms with Crippen molar-refractivity contribution in [2.75, 3.05) is 19.8 Å². The molecule has 2 aromatic rings. The second-order valence-corrected chi connectivity index (χ2v) is 4.41. The van der Waals surface area contributed by atoms with Gasteiger partial charge in [-0.05, 0) is 24.1 Å². The van der Waals surface area contributed by atoms with Gasteiger partial charge in [0.1, 0.15) is 5.82 Å². The molecular formula is C13H17N3O. The van der Waals surface area contributed by atoms with E-state index in [-0.39, 0.29) is 6.04 Å². The third kappa shape index (κ3) is 2.06. The second-order valence-electron chi connectivity index (χ2n) is 4.41. The number of aromatic amines is 1. The molecule has 0 amide bonds. The van der Waals surface area contributed by atoms with Crippen molar-refractivity contribution in [2.24, 2.45) is 0 Å². The van der Waals surface area contributed by atoms with Crippen LogP contribution in [0.4, 0.5) is 0 Å². The quantitative estimate of drug-likeness (QED) is 0.828. The molecule has 1 aliphatic heterocycles. The molecular weight excluding hydrogens is 214 g/mol. The van der Waals surface area contributed by atoms with E-state index in [0.29, 0.717) is 6.61 Å². The van der Waals surface area contributed by atoms with Crippen molar-refractivity contribution in [3.63, 3.8) is 0 Å². The molecule has 1 atom stereocenters. The number of H-pyrrole nitrogens is 1. The number of imidazole rings is 1. The number of ether oxygens (including phenoxy) is 1. The fraction of sp³-hybridized carbons (Fsp3) is 0.462. The number of aryl methyl sites for hydroxylation is 1. The minimum atomic E-state index is 0.196. The lowest BCUT2D eigenvalue weighted by atomic mass is 10.1. The van der Waals surface area contributed by atoms with Gasteiger partial charge in [-0.2, -0.15) is 0 Å². The van der Waals surface area contributed by atoms with Crippen LogP contribution in [-0.2, 0) is 11.2 Å². The summed E-state index contributed by atoms with van der Waals surface area (Å²) in [5, 5.41) is 3.41. The molecule has 2 heterocycles. The highest BCUT2D eigenvalue weighted by Gasteiger charge is 2.18. The summed E-state index contributed by atoms with van der Waals surface area (Å²) in [4.78, 5) is 8.00. The molecule has 17 heavy (non-hydrogen) atoms. The zero-order valence-corrected chi connectivity index (χ0v) is 9.99. The maximum atomic E-state index is 5.45. The molecule has 3 rings (SSSR count). The van der Waals surface area contributed by atoms with E-state index in [9.17, 15) is 0 Å². The van der Waals surface area contributed by atoms with Gasteiger partial charge in [-0.3, -0.25) is 0 Å². The molecule has 0 radical (unpaired) electrons. The van der Waals surface area contributed by atoms with Crippen LogP contribution >= 0.6 is 0 Å². The van der Waals surface area contributed by atoms with Crippen LogP contribution in [0.3, 0.4) is 0 Å². The second kappa shape index (κ2) is 4.47. The van der Waals surface area contributed by atoms with Gasteiger partial charge >= 0.3 is 0 Å². The smallest absolute Gasteiger partial charge is 0.126 e. The highest BCUT2D eigenvalue weighted by molar-refractivity contribution is 5.76. The third-order valence-corrected chi connectivity index (χ3v) is 3.22. The van der Waals surface area contributed by atoms with Crippen LogP contribution in [0, 0.1) is 0 Å². The van der Waals surface area contributed by atoms with Gasteiger partial charge in [0.15, 0.2) is 0 Å². The van der Waals surface area contributed by atoms with Crippen LogP contribution in [0.1, 0.15) is 24.4 Å². The predicted octanol–water partition coefficient (Wildman–Crippen LogP) is 1.79. The molecule has 1 aliphatic rings. The van der Waals surface area contributed by atoms with Gasteiger partial charge in [0, 0.05) is 6.54 Å². The SMILES string of the molecule is CCc1ccc2nc(C3COCCN3)[nH]c2c1. The Hall–Kier alpha value is -1.39. The Bertz CT molecular complexity index is 514. The number of nitrogens with zero attached hydrogens (tertiary/aromatic N) is 1. The molecule has 0 bridgehead atoms. The zero-order chi connectivity index (χ0) is 11.7. The van der Waals surface area contributed by atoms with Gasteiger partial charge in [0.25, 0.3) is 0 Å². The van der Waals surface area contributed by atoms with Crippen LogP contribution in [0.2, 0.25) is 0 Å². The first-order chi connectivity index (χ1) is 8.36. The third-order valence-electron chi connectivity index (χ3n) is 3.22. The summed E-state index contributed by atoms with van der Waals surface area (Å²) in [6.07, 6.45) is 1.05. The molecule has 0 aliphatic carbocycles. The molecule has 1 fully saturated rings. The number of nitrogens with one attached hydrogen (secondary N) is 2. The Kier molecular flexibility index (Phi) is 2.82. The lowest BCUT2D eigenvalue weighted by Gasteiger charge is -2.21. The van der Waals surface area contributed by atoms with Gasteiger partial charge < -0.3 is 15.0 Å². The average molecular weight is 231 g/mol. The first kappa shape index (κ1) is 10.7. The number of aromatic nitrogens is 2. The fourth-order valence-electron chi connectivity index (χ4n) is 2.20. The first-order valence-corrected chi connectivity index (χ1v) is 6.16. The Morgan fingerprint density at radius 3 is 3.18 bits per heavy atom. The van der Waals surface area contributed by atoms with E-state index in [1.165, 1.54) is 5.56 Å². The van der Waals surface area contributed by atoms with Crippen molar-refractivity contribution in [1.29, 1.82) is 0 Å². The van der Waals surface area contributed by atoms with Crippen LogP contribution in [0.25, 0.3) is 11.0 Å². The molecule has 4 heteroatoms. The van der Waals surface area contributed by atoms with Crippen LogP contribution < -0.4 is 5.32 Å². The number of morpholine rings is 1. The van der Waals surface area contributed by atoms with Crippen molar-refractivity contribution in [3.05, 3.63) is 29.6 Å². The maximum absolute atomic E-state index is 5.45. The van der Waals surface area contributed by atoms with E-state index in [0.717, 1.165) is 36.4 Å². The van der Waals surface area contributed by atoms with E-state index in [2.05, 4.69) is 40.4 Å². The van der Waals surface area contributed by atoms with Crippen LogP contribution in [0.15, 0.2) is 18.2 Å². The Labute approximate surface area is 100 Å². The highest BCUT2D eigenvalue weighted by Crippen LogP contribution is 2.19. The van der Waals surface area contributed by atoms with Crippen molar-refractivity contribution in [3.8, 4) is 0 Å². The number of benzene rings is 1. The molecule has 1 aromatic carbocycles. The van der Waals surface area contributed by atoms with E-state index >= 15 is 0 Å². The molecule has 1 aromatic heterocycles. The van der Waals surface area contributed by atoms with Crippen molar-refractivity contribution < 1.29 is 4.74 Å². The summed E-state index contributed by atoms with van der Waals surface area (Å²) >= 11 is 0.